The van der Waals surface area contributed by atoms with Crippen LogP contribution in [0.5, 0.6) is 5.75 Å². The highest BCUT2D eigenvalue weighted by molar-refractivity contribution is 5.94. The molecule has 176 valence electrons. The van der Waals surface area contributed by atoms with E-state index in [9.17, 15) is 27.9 Å². The maximum atomic E-state index is 13.1. The number of alkyl halides is 3. The van der Waals surface area contributed by atoms with Gasteiger partial charge in [0.05, 0.1) is 12.7 Å². The smallest absolute Gasteiger partial charge is 0.419 e. The van der Waals surface area contributed by atoms with Gasteiger partial charge in [-0.25, -0.2) is 0 Å². The van der Waals surface area contributed by atoms with Gasteiger partial charge in [0.2, 0.25) is 0 Å². The van der Waals surface area contributed by atoms with Gasteiger partial charge in [0.25, 0.3) is 0 Å². The number of hydrogen-bond acceptors (Lipinski definition) is 4. The summed E-state index contributed by atoms with van der Waals surface area (Å²) < 4.78 is 49.5. The molecule has 4 rings (SSSR count). The van der Waals surface area contributed by atoms with Crippen LogP contribution in [-0.2, 0) is 26.9 Å². The predicted molar refractivity (Wildman–Crippen MR) is 118 cm³/mol. The number of rotatable bonds is 7. The van der Waals surface area contributed by atoms with E-state index in [1.54, 1.807) is 0 Å². The van der Waals surface area contributed by atoms with E-state index in [1.165, 1.54) is 0 Å². The molecule has 0 aliphatic heterocycles. The molecular formula is C26H21F3O5. The second-order valence-corrected chi connectivity index (χ2v) is 7.98. The summed E-state index contributed by atoms with van der Waals surface area (Å²) in [6, 6.07) is 18.5. The first kappa shape index (κ1) is 23.4. The Labute approximate surface area is 193 Å². The number of carbonyl (C=O) groups is 2. The van der Waals surface area contributed by atoms with Crippen molar-refractivity contribution in [3.63, 3.8) is 0 Å². The lowest BCUT2D eigenvalue weighted by molar-refractivity contribution is -0.158. The van der Waals surface area contributed by atoms with Gasteiger partial charge >= 0.3 is 18.1 Å². The van der Waals surface area contributed by atoms with Gasteiger partial charge in [-0.15, -0.1) is 0 Å². The average molecular weight is 470 g/mol. The summed E-state index contributed by atoms with van der Waals surface area (Å²) in [5.74, 6) is -4.63. The van der Waals surface area contributed by atoms with Crippen LogP contribution in [0.4, 0.5) is 13.2 Å². The Balaban J connectivity index is 1.51. The molecule has 8 heteroatoms. The number of benzene rings is 3. The fraction of sp³-hybridized carbons (Fsp3) is 0.231. The zero-order valence-electron chi connectivity index (χ0n) is 18.1. The Bertz CT molecular complexity index is 1190. The van der Waals surface area contributed by atoms with Gasteiger partial charge in [-0.3, -0.25) is 9.59 Å². The van der Waals surface area contributed by atoms with E-state index in [1.807, 2.05) is 48.5 Å². The van der Waals surface area contributed by atoms with E-state index in [-0.39, 0.29) is 24.5 Å². The summed E-state index contributed by atoms with van der Waals surface area (Å²) in [5.41, 5.74) is 3.26. The Morgan fingerprint density at radius 2 is 1.56 bits per heavy atom. The fourth-order valence-electron chi connectivity index (χ4n) is 4.31. The number of methoxy groups -OCH3 is 1. The molecule has 0 unspecified atom stereocenters. The molecule has 0 radical (unpaired) electrons. The molecule has 3 aromatic rings. The minimum Gasteiger partial charge on any atom is -0.496 e. The van der Waals surface area contributed by atoms with Gasteiger partial charge < -0.3 is 14.6 Å². The third-order valence-electron chi connectivity index (χ3n) is 5.95. The van der Waals surface area contributed by atoms with E-state index in [4.69, 9.17) is 9.47 Å². The van der Waals surface area contributed by atoms with Gasteiger partial charge in [-0.05, 0) is 46.4 Å². The molecule has 0 fully saturated rings. The topological polar surface area (TPSA) is 72.8 Å². The molecule has 0 aromatic heterocycles. The van der Waals surface area contributed by atoms with Crippen LogP contribution in [0.1, 0.15) is 28.2 Å². The Morgan fingerprint density at radius 1 is 0.971 bits per heavy atom. The van der Waals surface area contributed by atoms with Crippen molar-refractivity contribution in [1.82, 2.24) is 0 Å². The van der Waals surface area contributed by atoms with Crippen LogP contribution in [0.3, 0.4) is 0 Å². The number of halogens is 3. The number of fused-ring (bicyclic) bond motifs is 3. The first-order chi connectivity index (χ1) is 16.2. The lowest BCUT2D eigenvalue weighted by atomic mass is 9.97. The molecule has 0 bridgehead atoms. The van der Waals surface area contributed by atoms with Crippen LogP contribution >= 0.6 is 0 Å². The van der Waals surface area contributed by atoms with Crippen molar-refractivity contribution >= 4 is 11.9 Å². The normalized spacial score (nSPS) is 13.6. The van der Waals surface area contributed by atoms with Crippen molar-refractivity contribution in [3.05, 3.63) is 89.0 Å². The quantitative estimate of drug-likeness (QED) is 0.374. The first-order valence-electron chi connectivity index (χ1n) is 10.5. The summed E-state index contributed by atoms with van der Waals surface area (Å²) >= 11 is 0. The number of esters is 1. The number of carboxylic acids is 1. The molecule has 1 atom stereocenters. The molecule has 3 aromatic carbocycles. The lowest BCUT2D eigenvalue weighted by Gasteiger charge is -2.18. The van der Waals surface area contributed by atoms with Gasteiger partial charge in [0.15, 0.2) is 5.92 Å². The first-order valence-corrected chi connectivity index (χ1v) is 10.5. The van der Waals surface area contributed by atoms with Crippen molar-refractivity contribution in [3.8, 4) is 16.9 Å². The fourth-order valence-corrected chi connectivity index (χ4v) is 4.31. The van der Waals surface area contributed by atoms with Crippen molar-refractivity contribution in [2.24, 2.45) is 5.92 Å². The lowest BCUT2D eigenvalue weighted by Crippen LogP contribution is -2.29. The second kappa shape index (κ2) is 9.21. The zero-order valence-corrected chi connectivity index (χ0v) is 18.1. The Hall–Kier alpha value is -3.81. The minimum absolute atomic E-state index is 0.0486. The van der Waals surface area contributed by atoms with E-state index < -0.39 is 35.3 Å². The molecule has 5 nitrogen and oxygen atoms in total. The zero-order chi connectivity index (χ0) is 24.5. The highest BCUT2D eigenvalue weighted by atomic mass is 19.4. The number of ether oxygens (including phenoxy) is 2. The molecule has 34 heavy (non-hydrogen) atoms. The van der Waals surface area contributed by atoms with Crippen LogP contribution in [0.15, 0.2) is 66.7 Å². The van der Waals surface area contributed by atoms with E-state index >= 15 is 0 Å². The minimum atomic E-state index is -4.62. The van der Waals surface area contributed by atoms with Crippen molar-refractivity contribution in [1.29, 1.82) is 0 Å². The van der Waals surface area contributed by atoms with E-state index in [2.05, 4.69) is 0 Å². The monoisotopic (exact) mass is 470 g/mol. The third-order valence-corrected chi connectivity index (χ3v) is 5.95. The van der Waals surface area contributed by atoms with Gasteiger partial charge in [-0.1, -0.05) is 54.6 Å². The molecule has 1 N–H and O–H groups in total. The SMILES string of the molecule is COc1cc(C[C@H](C(=O)O)C(=O)OCC2c3ccccc3-c3ccccc32)ccc1C(F)(F)F. The van der Waals surface area contributed by atoms with E-state index in [0.29, 0.717) is 0 Å². The number of carboxylic acid groups (broad SMARTS) is 1. The summed E-state index contributed by atoms with van der Waals surface area (Å²) in [6.07, 6.45) is -4.95. The third kappa shape index (κ3) is 4.48. The standard InChI is InChI=1S/C26H21F3O5/c1-33-23-13-15(10-11-22(23)26(27,28)29)12-20(24(30)31)25(32)34-14-21-18-8-4-2-6-16(18)17-7-3-5-9-19(17)21/h2-11,13,20-21H,12,14H2,1H3,(H,30,31)/t20-/m1/s1. The van der Waals surface area contributed by atoms with Crippen LogP contribution in [0.2, 0.25) is 0 Å². The largest absolute Gasteiger partial charge is 0.496 e. The van der Waals surface area contributed by atoms with Crippen LogP contribution in [-0.4, -0.2) is 30.8 Å². The highest BCUT2D eigenvalue weighted by Gasteiger charge is 2.36. The number of hydrogen-bond donors (Lipinski definition) is 1. The Kier molecular flexibility index (Phi) is 6.32. The highest BCUT2D eigenvalue weighted by Crippen LogP contribution is 2.44. The summed E-state index contributed by atoms with van der Waals surface area (Å²) in [6.45, 7) is -0.0486. The maximum absolute atomic E-state index is 13.1. The molecule has 0 saturated carbocycles. The van der Waals surface area contributed by atoms with Gasteiger partial charge in [-0.2, -0.15) is 13.2 Å². The summed E-state index contributed by atoms with van der Waals surface area (Å²) in [4.78, 5) is 24.5. The van der Waals surface area contributed by atoms with Crippen LogP contribution in [0, 0.1) is 5.92 Å². The second-order valence-electron chi connectivity index (χ2n) is 7.98. The molecule has 0 spiro atoms. The van der Waals surface area contributed by atoms with Crippen LogP contribution in [0.25, 0.3) is 11.1 Å². The van der Waals surface area contributed by atoms with Crippen LogP contribution < -0.4 is 4.74 Å². The van der Waals surface area contributed by atoms with Gasteiger partial charge in [0.1, 0.15) is 12.4 Å². The van der Waals surface area contributed by atoms with Crippen molar-refractivity contribution in [2.45, 2.75) is 18.5 Å². The molecular weight excluding hydrogens is 449 g/mol. The molecule has 0 saturated heterocycles. The molecule has 1 aliphatic carbocycles. The molecule has 0 heterocycles. The summed E-state index contributed by atoms with van der Waals surface area (Å²) in [7, 11) is 1.09. The molecule has 0 amide bonds. The summed E-state index contributed by atoms with van der Waals surface area (Å²) in [5, 5.41) is 9.61. The van der Waals surface area contributed by atoms with Crippen molar-refractivity contribution in [2.75, 3.05) is 13.7 Å². The molecule has 1 aliphatic rings. The Morgan fingerprint density at radius 3 is 2.09 bits per heavy atom. The average Bonchev–Trinajstić information content (AvgIpc) is 3.13. The van der Waals surface area contributed by atoms with Crippen molar-refractivity contribution < 1.29 is 37.3 Å². The maximum Gasteiger partial charge on any atom is 0.419 e. The number of aliphatic carboxylic acids is 1. The van der Waals surface area contributed by atoms with E-state index in [0.717, 1.165) is 47.6 Å². The predicted octanol–water partition coefficient (Wildman–Crippen LogP) is 5.31. The number of carbonyl (C=O) groups excluding carboxylic acids is 1. The van der Waals surface area contributed by atoms with Gasteiger partial charge in [0, 0.05) is 5.92 Å².